The lowest BCUT2D eigenvalue weighted by atomic mass is 9.90. The van der Waals surface area contributed by atoms with Crippen molar-refractivity contribution in [2.75, 3.05) is 20.8 Å². The summed E-state index contributed by atoms with van der Waals surface area (Å²) in [7, 11) is 3.09. The Labute approximate surface area is 201 Å². The van der Waals surface area contributed by atoms with Crippen molar-refractivity contribution in [3.8, 4) is 11.5 Å². The summed E-state index contributed by atoms with van der Waals surface area (Å²) in [4.78, 5) is 24.5. The first-order valence-corrected chi connectivity index (χ1v) is 12.0. The number of benzene rings is 2. The molecule has 1 aliphatic carbocycles. The van der Waals surface area contributed by atoms with Crippen molar-refractivity contribution in [1.29, 1.82) is 0 Å². The molecule has 3 rings (SSSR count). The van der Waals surface area contributed by atoms with Crippen LogP contribution in [0.4, 0.5) is 0 Å². The van der Waals surface area contributed by atoms with Gasteiger partial charge in [0.05, 0.1) is 19.9 Å². The maximum atomic E-state index is 12.3. The van der Waals surface area contributed by atoms with E-state index in [4.69, 9.17) is 9.47 Å². The van der Waals surface area contributed by atoms with E-state index in [2.05, 4.69) is 34.0 Å². The molecule has 0 aliphatic heterocycles. The summed E-state index contributed by atoms with van der Waals surface area (Å²) in [6.45, 7) is 2.47. The first-order chi connectivity index (χ1) is 16.5. The number of hydrazone groups is 1. The van der Waals surface area contributed by atoms with Crippen molar-refractivity contribution in [3.63, 3.8) is 0 Å². The SMILES string of the molecule is COc1ccc(C(=O)NCCCCCC(=O)N/N=C(\C)c2ccc3c(c2)CCCC3)cc1OC. The van der Waals surface area contributed by atoms with Crippen LogP contribution in [0.25, 0.3) is 0 Å². The van der Waals surface area contributed by atoms with Crippen molar-refractivity contribution in [1.82, 2.24) is 10.7 Å². The van der Waals surface area contributed by atoms with E-state index in [0.717, 1.165) is 43.4 Å². The molecule has 1 aliphatic rings. The quantitative estimate of drug-likeness (QED) is 0.292. The van der Waals surface area contributed by atoms with Gasteiger partial charge in [-0.1, -0.05) is 18.6 Å². The van der Waals surface area contributed by atoms with Gasteiger partial charge in [0.1, 0.15) is 0 Å². The van der Waals surface area contributed by atoms with E-state index in [0.29, 0.717) is 30.0 Å². The fourth-order valence-electron chi connectivity index (χ4n) is 4.09. The molecule has 0 heterocycles. The standard InChI is InChI=1S/C27H35N3O4/c1-19(21-13-12-20-9-6-7-10-22(20)17-21)29-30-26(31)11-5-4-8-16-28-27(32)23-14-15-24(33-2)25(18-23)34-3/h12-15,17-18H,4-11,16H2,1-3H3,(H,28,32)(H,30,31)/b29-19+. The molecule has 0 fully saturated rings. The Balaban J connectivity index is 1.33. The van der Waals surface area contributed by atoms with Crippen molar-refractivity contribution < 1.29 is 19.1 Å². The molecule has 2 amide bonds. The maximum absolute atomic E-state index is 12.3. The Hall–Kier alpha value is -3.35. The Bertz CT molecular complexity index is 1030. The highest BCUT2D eigenvalue weighted by molar-refractivity contribution is 5.99. The van der Waals surface area contributed by atoms with Crippen LogP contribution in [0.5, 0.6) is 11.5 Å². The van der Waals surface area contributed by atoms with E-state index in [1.165, 1.54) is 31.1 Å². The number of methoxy groups -OCH3 is 2. The lowest BCUT2D eigenvalue weighted by molar-refractivity contribution is -0.121. The van der Waals surface area contributed by atoms with Crippen LogP contribution in [0.3, 0.4) is 0 Å². The molecular formula is C27H35N3O4. The molecule has 0 unspecified atom stereocenters. The number of carbonyl (C=O) groups is 2. The minimum absolute atomic E-state index is 0.0910. The third kappa shape index (κ3) is 7.07. The number of nitrogens with one attached hydrogen (secondary N) is 2. The molecule has 2 aromatic carbocycles. The number of ether oxygens (including phenoxy) is 2. The first-order valence-electron chi connectivity index (χ1n) is 12.0. The first kappa shape index (κ1) is 25.3. The molecule has 0 saturated heterocycles. The van der Waals surface area contributed by atoms with Gasteiger partial charge in [0.2, 0.25) is 5.91 Å². The van der Waals surface area contributed by atoms with Crippen molar-refractivity contribution in [2.24, 2.45) is 5.10 Å². The molecule has 2 N–H and O–H groups in total. The highest BCUT2D eigenvalue weighted by Gasteiger charge is 2.12. The number of amides is 2. The zero-order chi connectivity index (χ0) is 24.3. The molecule has 2 aromatic rings. The zero-order valence-electron chi connectivity index (χ0n) is 20.4. The van der Waals surface area contributed by atoms with Crippen LogP contribution >= 0.6 is 0 Å². The molecule has 0 radical (unpaired) electrons. The van der Waals surface area contributed by atoms with Gasteiger partial charge in [-0.3, -0.25) is 9.59 Å². The van der Waals surface area contributed by atoms with Crippen LogP contribution in [0, 0.1) is 0 Å². The highest BCUT2D eigenvalue weighted by atomic mass is 16.5. The number of carbonyl (C=O) groups excluding carboxylic acids is 2. The molecule has 0 bridgehead atoms. The molecule has 182 valence electrons. The number of hydrogen-bond acceptors (Lipinski definition) is 5. The van der Waals surface area contributed by atoms with Gasteiger partial charge in [-0.2, -0.15) is 5.10 Å². The summed E-state index contributed by atoms with van der Waals surface area (Å²) in [6, 6.07) is 11.6. The largest absolute Gasteiger partial charge is 0.493 e. The second kappa shape index (κ2) is 12.8. The molecule has 34 heavy (non-hydrogen) atoms. The zero-order valence-corrected chi connectivity index (χ0v) is 20.4. The second-order valence-electron chi connectivity index (χ2n) is 8.56. The van der Waals surface area contributed by atoms with Crippen LogP contribution in [-0.2, 0) is 17.6 Å². The maximum Gasteiger partial charge on any atom is 0.251 e. The number of nitrogens with zero attached hydrogens (tertiary/aromatic N) is 1. The summed E-state index contributed by atoms with van der Waals surface area (Å²) in [6.07, 6.45) is 7.57. The van der Waals surface area contributed by atoms with E-state index >= 15 is 0 Å². The molecule has 7 heteroatoms. The fourth-order valence-corrected chi connectivity index (χ4v) is 4.09. The summed E-state index contributed by atoms with van der Waals surface area (Å²) in [5.41, 5.74) is 7.91. The number of rotatable bonds is 11. The monoisotopic (exact) mass is 465 g/mol. The summed E-state index contributed by atoms with van der Waals surface area (Å²) >= 11 is 0. The molecule has 0 aromatic heterocycles. The average Bonchev–Trinajstić information content (AvgIpc) is 2.88. The molecule has 0 atom stereocenters. The normalized spacial score (nSPS) is 13.1. The van der Waals surface area contributed by atoms with Crippen LogP contribution in [0.15, 0.2) is 41.5 Å². The van der Waals surface area contributed by atoms with E-state index in [9.17, 15) is 9.59 Å². The van der Waals surface area contributed by atoms with E-state index in [-0.39, 0.29) is 11.8 Å². The Morgan fingerprint density at radius 2 is 1.62 bits per heavy atom. The molecule has 7 nitrogen and oxygen atoms in total. The minimum atomic E-state index is -0.161. The van der Waals surface area contributed by atoms with Crippen LogP contribution < -0.4 is 20.2 Å². The lowest BCUT2D eigenvalue weighted by Gasteiger charge is -2.16. The van der Waals surface area contributed by atoms with Crippen molar-refractivity contribution in [2.45, 2.75) is 58.3 Å². The van der Waals surface area contributed by atoms with Crippen LogP contribution in [0.2, 0.25) is 0 Å². The lowest BCUT2D eigenvalue weighted by Crippen LogP contribution is -2.24. The summed E-state index contributed by atoms with van der Waals surface area (Å²) < 4.78 is 10.4. The Kier molecular flexibility index (Phi) is 9.50. The number of unbranched alkanes of at least 4 members (excludes halogenated alkanes) is 2. The van der Waals surface area contributed by atoms with Gasteiger partial charge in [0.25, 0.3) is 5.91 Å². The number of hydrogen-bond donors (Lipinski definition) is 2. The average molecular weight is 466 g/mol. The summed E-state index contributed by atoms with van der Waals surface area (Å²) in [5, 5.41) is 7.18. The predicted octanol–water partition coefficient (Wildman–Crippen LogP) is 4.41. The van der Waals surface area contributed by atoms with E-state index in [1.807, 2.05) is 6.92 Å². The van der Waals surface area contributed by atoms with Crippen molar-refractivity contribution >= 4 is 17.5 Å². The van der Waals surface area contributed by atoms with Gasteiger partial charge < -0.3 is 14.8 Å². The van der Waals surface area contributed by atoms with Gasteiger partial charge in [0.15, 0.2) is 11.5 Å². The van der Waals surface area contributed by atoms with Gasteiger partial charge in [-0.15, -0.1) is 0 Å². The molecule has 0 spiro atoms. The summed E-state index contributed by atoms with van der Waals surface area (Å²) in [5.74, 6) is 0.850. The number of aryl methyl sites for hydroxylation is 2. The van der Waals surface area contributed by atoms with Gasteiger partial charge in [-0.05, 0) is 86.4 Å². The van der Waals surface area contributed by atoms with Crippen LogP contribution in [0.1, 0.15) is 72.5 Å². The van der Waals surface area contributed by atoms with Gasteiger partial charge >= 0.3 is 0 Å². The highest BCUT2D eigenvalue weighted by Crippen LogP contribution is 2.27. The van der Waals surface area contributed by atoms with Crippen molar-refractivity contribution in [3.05, 3.63) is 58.7 Å². The van der Waals surface area contributed by atoms with Crippen LogP contribution in [-0.4, -0.2) is 38.3 Å². The van der Waals surface area contributed by atoms with E-state index in [1.54, 1.807) is 25.3 Å². The smallest absolute Gasteiger partial charge is 0.251 e. The van der Waals surface area contributed by atoms with Gasteiger partial charge in [0, 0.05) is 18.5 Å². The predicted molar refractivity (Wildman–Crippen MR) is 134 cm³/mol. The topological polar surface area (TPSA) is 89.0 Å². The third-order valence-electron chi connectivity index (χ3n) is 6.13. The second-order valence-corrected chi connectivity index (χ2v) is 8.56. The Morgan fingerprint density at radius 1 is 0.882 bits per heavy atom. The Morgan fingerprint density at radius 3 is 2.38 bits per heavy atom. The minimum Gasteiger partial charge on any atom is -0.493 e. The number of fused-ring (bicyclic) bond motifs is 1. The molecule has 0 saturated carbocycles. The third-order valence-corrected chi connectivity index (χ3v) is 6.13. The van der Waals surface area contributed by atoms with E-state index < -0.39 is 0 Å². The fraction of sp³-hybridized carbons (Fsp3) is 0.444. The van der Waals surface area contributed by atoms with Gasteiger partial charge in [-0.25, -0.2) is 5.43 Å². The molecular weight excluding hydrogens is 430 g/mol.